The van der Waals surface area contributed by atoms with Gasteiger partial charge in [-0.1, -0.05) is 0 Å². The van der Waals surface area contributed by atoms with Gasteiger partial charge < -0.3 is 4.74 Å². The van der Waals surface area contributed by atoms with E-state index in [9.17, 15) is 14.9 Å². The minimum atomic E-state index is -0.478. The van der Waals surface area contributed by atoms with Gasteiger partial charge in [-0.15, -0.1) is 0 Å². The van der Waals surface area contributed by atoms with E-state index in [2.05, 4.69) is 4.98 Å². The van der Waals surface area contributed by atoms with Crippen LogP contribution in [0.1, 0.15) is 21.5 Å². The van der Waals surface area contributed by atoms with Gasteiger partial charge in [0.2, 0.25) is 0 Å². The summed E-state index contributed by atoms with van der Waals surface area (Å²) in [6, 6.07) is 7.86. The van der Waals surface area contributed by atoms with Crippen molar-refractivity contribution in [2.75, 3.05) is 0 Å². The number of benzene rings is 1. The smallest absolute Gasteiger partial charge is 0.340 e. The van der Waals surface area contributed by atoms with Gasteiger partial charge in [-0.3, -0.25) is 15.1 Å². The van der Waals surface area contributed by atoms with Crippen molar-refractivity contribution in [3.8, 4) is 0 Å². The predicted molar refractivity (Wildman–Crippen MR) is 71.2 cm³/mol. The van der Waals surface area contributed by atoms with E-state index in [1.54, 1.807) is 37.4 Å². The van der Waals surface area contributed by atoms with Crippen LogP contribution >= 0.6 is 0 Å². The number of pyridine rings is 1. The number of nitro benzene ring substituents is 1. The van der Waals surface area contributed by atoms with Gasteiger partial charge in [-0.05, 0) is 36.8 Å². The Hall–Kier alpha value is -2.76. The van der Waals surface area contributed by atoms with E-state index in [-0.39, 0.29) is 12.3 Å². The molecule has 0 spiro atoms. The average molecular weight is 272 g/mol. The highest BCUT2D eigenvalue weighted by Gasteiger charge is 2.11. The molecule has 0 fully saturated rings. The summed E-state index contributed by atoms with van der Waals surface area (Å²) in [6.45, 7) is 1.71. The van der Waals surface area contributed by atoms with Crippen LogP contribution in [-0.2, 0) is 11.3 Å². The van der Waals surface area contributed by atoms with Crippen molar-refractivity contribution in [2.24, 2.45) is 0 Å². The summed E-state index contributed by atoms with van der Waals surface area (Å²) >= 11 is 0. The van der Waals surface area contributed by atoms with Crippen LogP contribution in [0, 0.1) is 17.0 Å². The molecule has 0 unspecified atom stereocenters. The first-order chi connectivity index (χ1) is 9.58. The van der Waals surface area contributed by atoms with Crippen molar-refractivity contribution in [3.05, 3.63) is 69.5 Å². The largest absolute Gasteiger partial charge is 0.457 e. The van der Waals surface area contributed by atoms with Gasteiger partial charge in [-0.25, -0.2) is 4.79 Å². The molecule has 0 atom stereocenters. The van der Waals surface area contributed by atoms with Crippen LogP contribution in [0.15, 0.2) is 42.7 Å². The van der Waals surface area contributed by atoms with Gasteiger partial charge in [0.1, 0.15) is 6.61 Å². The lowest BCUT2D eigenvalue weighted by molar-refractivity contribution is -0.385. The molecule has 0 aliphatic rings. The zero-order valence-corrected chi connectivity index (χ0v) is 10.8. The monoisotopic (exact) mass is 272 g/mol. The van der Waals surface area contributed by atoms with E-state index in [1.807, 2.05) is 0 Å². The van der Waals surface area contributed by atoms with Crippen LogP contribution in [0.3, 0.4) is 0 Å². The molecule has 0 saturated carbocycles. The van der Waals surface area contributed by atoms with Crippen LogP contribution < -0.4 is 0 Å². The van der Waals surface area contributed by atoms with E-state index in [4.69, 9.17) is 4.74 Å². The Balaban J connectivity index is 2.03. The molecule has 2 aromatic rings. The lowest BCUT2D eigenvalue weighted by Gasteiger charge is -2.05. The molecule has 0 N–H and O–H groups in total. The maximum Gasteiger partial charge on any atom is 0.340 e. The Labute approximate surface area is 115 Å². The fraction of sp³-hybridized carbons (Fsp3) is 0.143. The van der Waals surface area contributed by atoms with Crippen molar-refractivity contribution >= 4 is 11.7 Å². The third-order valence-electron chi connectivity index (χ3n) is 2.73. The number of esters is 1. The number of aryl methyl sites for hydroxylation is 1. The van der Waals surface area contributed by atoms with Crippen molar-refractivity contribution in [3.63, 3.8) is 0 Å². The fourth-order valence-electron chi connectivity index (χ4n) is 1.73. The molecule has 1 aromatic carbocycles. The summed E-state index contributed by atoms with van der Waals surface area (Å²) in [5.74, 6) is -0.478. The number of ether oxygens (including phenoxy) is 1. The van der Waals surface area contributed by atoms with Crippen LogP contribution in [-0.4, -0.2) is 15.9 Å². The van der Waals surface area contributed by atoms with Crippen molar-refractivity contribution < 1.29 is 14.5 Å². The van der Waals surface area contributed by atoms with Gasteiger partial charge in [-0.2, -0.15) is 0 Å². The molecule has 2 rings (SSSR count). The minimum Gasteiger partial charge on any atom is -0.457 e. The highest BCUT2D eigenvalue weighted by molar-refractivity contribution is 5.88. The summed E-state index contributed by atoms with van der Waals surface area (Å²) in [4.78, 5) is 25.8. The Morgan fingerprint density at radius 1 is 1.40 bits per heavy atom. The Morgan fingerprint density at radius 2 is 2.20 bits per heavy atom. The molecule has 6 nitrogen and oxygen atoms in total. The number of rotatable bonds is 4. The van der Waals surface area contributed by atoms with E-state index < -0.39 is 10.9 Å². The minimum absolute atomic E-state index is 0.0485. The average Bonchev–Trinajstić information content (AvgIpc) is 2.45. The van der Waals surface area contributed by atoms with Crippen LogP contribution in [0.2, 0.25) is 0 Å². The number of nitro groups is 1. The van der Waals surface area contributed by atoms with Crippen LogP contribution in [0.4, 0.5) is 5.69 Å². The second kappa shape index (κ2) is 5.92. The lowest BCUT2D eigenvalue weighted by Crippen LogP contribution is -2.05. The highest BCUT2D eigenvalue weighted by Crippen LogP contribution is 2.19. The van der Waals surface area contributed by atoms with E-state index in [0.29, 0.717) is 16.7 Å². The summed E-state index contributed by atoms with van der Waals surface area (Å²) in [5.41, 5.74) is 1.65. The molecular formula is C14H12N2O4. The molecule has 0 radical (unpaired) electrons. The maximum absolute atomic E-state index is 11.7. The Bertz CT molecular complexity index is 641. The first kappa shape index (κ1) is 13.7. The molecule has 0 amide bonds. The van der Waals surface area contributed by atoms with E-state index >= 15 is 0 Å². The maximum atomic E-state index is 11.7. The molecular weight excluding hydrogens is 260 g/mol. The molecule has 0 aliphatic carbocycles. The van der Waals surface area contributed by atoms with Gasteiger partial charge in [0, 0.05) is 24.0 Å². The standard InChI is InChI=1S/C14H12N2O4/c1-10-7-11(4-5-13(10)16(18)19)9-20-14(17)12-3-2-6-15-8-12/h2-8H,9H2,1H3. The molecule has 6 heteroatoms. The van der Waals surface area contributed by atoms with Crippen LogP contribution in [0.25, 0.3) is 0 Å². The van der Waals surface area contributed by atoms with Gasteiger partial charge in [0.25, 0.3) is 5.69 Å². The van der Waals surface area contributed by atoms with E-state index in [0.717, 1.165) is 0 Å². The molecule has 0 bridgehead atoms. The fourth-order valence-corrected chi connectivity index (χ4v) is 1.73. The van der Waals surface area contributed by atoms with E-state index in [1.165, 1.54) is 12.3 Å². The summed E-state index contributed by atoms with van der Waals surface area (Å²) in [6.07, 6.45) is 2.99. The van der Waals surface area contributed by atoms with Crippen molar-refractivity contribution in [2.45, 2.75) is 13.5 Å². The first-order valence-electron chi connectivity index (χ1n) is 5.89. The second-order valence-corrected chi connectivity index (χ2v) is 4.20. The Morgan fingerprint density at radius 3 is 2.80 bits per heavy atom. The van der Waals surface area contributed by atoms with Gasteiger partial charge >= 0.3 is 5.97 Å². The number of aromatic nitrogens is 1. The number of nitrogens with zero attached hydrogens (tertiary/aromatic N) is 2. The van der Waals surface area contributed by atoms with Gasteiger partial charge in [0.05, 0.1) is 10.5 Å². The molecule has 1 heterocycles. The van der Waals surface area contributed by atoms with Crippen LogP contribution in [0.5, 0.6) is 0 Å². The quantitative estimate of drug-likeness (QED) is 0.485. The number of hydrogen-bond acceptors (Lipinski definition) is 5. The number of carbonyl (C=O) groups is 1. The predicted octanol–water partition coefficient (Wildman–Crippen LogP) is 2.66. The van der Waals surface area contributed by atoms with Crippen molar-refractivity contribution in [1.29, 1.82) is 0 Å². The zero-order valence-electron chi connectivity index (χ0n) is 10.8. The molecule has 0 saturated heterocycles. The topological polar surface area (TPSA) is 82.3 Å². The summed E-state index contributed by atoms with van der Waals surface area (Å²) < 4.78 is 5.12. The third-order valence-corrected chi connectivity index (χ3v) is 2.73. The number of carbonyl (C=O) groups excluding carboxylic acids is 1. The molecule has 1 aromatic heterocycles. The second-order valence-electron chi connectivity index (χ2n) is 4.20. The van der Waals surface area contributed by atoms with Gasteiger partial charge in [0.15, 0.2) is 0 Å². The summed E-state index contributed by atoms with van der Waals surface area (Å²) in [7, 11) is 0. The third kappa shape index (κ3) is 3.17. The highest BCUT2D eigenvalue weighted by atomic mass is 16.6. The molecule has 102 valence electrons. The zero-order chi connectivity index (χ0) is 14.5. The molecule has 0 aliphatic heterocycles. The lowest BCUT2D eigenvalue weighted by atomic mass is 10.1. The number of hydrogen-bond donors (Lipinski definition) is 0. The SMILES string of the molecule is Cc1cc(COC(=O)c2cccnc2)ccc1[N+](=O)[O-]. The molecule has 20 heavy (non-hydrogen) atoms. The first-order valence-corrected chi connectivity index (χ1v) is 5.89. The normalized spacial score (nSPS) is 10.1. The van der Waals surface area contributed by atoms with Crippen molar-refractivity contribution in [1.82, 2.24) is 4.98 Å². The summed E-state index contributed by atoms with van der Waals surface area (Å²) in [5, 5.41) is 10.7. The Kier molecular flexibility index (Phi) is 4.05.